The van der Waals surface area contributed by atoms with E-state index in [4.69, 9.17) is 18.6 Å². The van der Waals surface area contributed by atoms with Crippen molar-refractivity contribution in [3.05, 3.63) is 88.3 Å². The summed E-state index contributed by atoms with van der Waals surface area (Å²) in [6.07, 6.45) is 3.20. The minimum Gasteiger partial charge on any atom is -0.465 e. The Kier molecular flexibility index (Phi) is 12.1. The third-order valence-corrected chi connectivity index (χ3v) is 7.08. The molecule has 236 valence electrons. The number of benzene rings is 2. The summed E-state index contributed by atoms with van der Waals surface area (Å²) in [5.41, 5.74) is 3.46. The first-order chi connectivity index (χ1) is 20.8. The molecule has 1 unspecified atom stereocenters. The number of hydrogen-bond acceptors (Lipinski definition) is 8. The summed E-state index contributed by atoms with van der Waals surface area (Å²) < 4.78 is 22.1. The van der Waals surface area contributed by atoms with Crippen LogP contribution in [0.4, 0.5) is 0 Å². The fourth-order valence-corrected chi connectivity index (χ4v) is 4.41. The molecule has 3 rings (SSSR count). The van der Waals surface area contributed by atoms with Crippen molar-refractivity contribution in [2.75, 3.05) is 13.2 Å². The molecule has 0 radical (unpaired) electrons. The van der Waals surface area contributed by atoms with Gasteiger partial charge >= 0.3 is 17.6 Å². The standard InChI is InChI=1S/C36H44O8/c1-23(2)32(37)41-20-10-8-12-25-14-15-27-22-30(26-16-18-28(19-17-26)43-35(40)36(5,6)7)34(39)44-31(27)29(25)13-9-11-21-42-33(38)24(3)4/h14-19,22,35,40H,1,3,8-13,20-21H2,2,4-7H3. The predicted molar refractivity (Wildman–Crippen MR) is 171 cm³/mol. The molecule has 2 aromatic carbocycles. The molecule has 1 aromatic heterocycles. The second-order valence-corrected chi connectivity index (χ2v) is 12.2. The monoisotopic (exact) mass is 604 g/mol. The highest BCUT2D eigenvalue weighted by atomic mass is 16.6. The average Bonchev–Trinajstić information content (AvgIpc) is 2.96. The highest BCUT2D eigenvalue weighted by Crippen LogP contribution is 2.30. The summed E-state index contributed by atoms with van der Waals surface area (Å²) in [5, 5.41) is 11.1. The van der Waals surface area contributed by atoms with Crippen molar-refractivity contribution >= 4 is 22.9 Å². The second kappa shape index (κ2) is 15.5. The van der Waals surface area contributed by atoms with E-state index in [0.717, 1.165) is 29.4 Å². The lowest BCUT2D eigenvalue weighted by Gasteiger charge is -2.26. The molecule has 8 heteroatoms. The van der Waals surface area contributed by atoms with Crippen molar-refractivity contribution < 1.29 is 33.3 Å². The van der Waals surface area contributed by atoms with E-state index in [1.165, 1.54) is 0 Å². The lowest BCUT2D eigenvalue weighted by Crippen LogP contribution is -2.31. The Hall–Kier alpha value is -4.17. The van der Waals surface area contributed by atoms with Crippen molar-refractivity contribution in [1.29, 1.82) is 0 Å². The van der Waals surface area contributed by atoms with Crippen LogP contribution in [-0.2, 0) is 31.9 Å². The van der Waals surface area contributed by atoms with E-state index in [9.17, 15) is 19.5 Å². The van der Waals surface area contributed by atoms with Gasteiger partial charge in [0.2, 0.25) is 6.29 Å². The number of esters is 2. The van der Waals surface area contributed by atoms with Gasteiger partial charge in [-0.1, -0.05) is 58.2 Å². The maximum absolute atomic E-state index is 13.3. The van der Waals surface area contributed by atoms with Crippen LogP contribution in [0.25, 0.3) is 22.1 Å². The van der Waals surface area contributed by atoms with Gasteiger partial charge in [0, 0.05) is 21.9 Å². The molecule has 8 nitrogen and oxygen atoms in total. The number of carbonyl (C=O) groups is 2. The topological polar surface area (TPSA) is 112 Å². The number of aliphatic hydroxyl groups excluding tert-OH is 1. The van der Waals surface area contributed by atoms with E-state index in [-0.39, 0.29) is 6.61 Å². The molecule has 0 bridgehead atoms. The van der Waals surface area contributed by atoms with E-state index in [1.807, 2.05) is 39.0 Å². The molecule has 0 saturated carbocycles. The molecule has 0 aliphatic carbocycles. The largest absolute Gasteiger partial charge is 0.465 e. The summed E-state index contributed by atoms with van der Waals surface area (Å²) in [5.74, 6) is -0.311. The molecule has 1 N–H and O–H groups in total. The number of ether oxygens (including phenoxy) is 3. The molecule has 3 aromatic rings. The Balaban J connectivity index is 1.82. The lowest BCUT2D eigenvalue weighted by atomic mass is 9.94. The Morgan fingerprint density at radius 2 is 1.43 bits per heavy atom. The zero-order valence-corrected chi connectivity index (χ0v) is 26.5. The van der Waals surface area contributed by atoms with Gasteiger partial charge in [0.05, 0.1) is 18.8 Å². The molecule has 0 aliphatic rings. The van der Waals surface area contributed by atoms with Gasteiger partial charge in [0.25, 0.3) is 0 Å². The smallest absolute Gasteiger partial charge is 0.344 e. The first-order valence-corrected chi connectivity index (χ1v) is 15.0. The van der Waals surface area contributed by atoms with Gasteiger partial charge in [-0.2, -0.15) is 0 Å². The zero-order valence-electron chi connectivity index (χ0n) is 26.5. The zero-order chi connectivity index (χ0) is 32.4. The summed E-state index contributed by atoms with van der Waals surface area (Å²) in [6.45, 7) is 16.7. The Labute approximate surface area is 259 Å². The van der Waals surface area contributed by atoms with Gasteiger partial charge in [0.15, 0.2) is 0 Å². The molecule has 1 atom stereocenters. The van der Waals surface area contributed by atoms with E-state index >= 15 is 0 Å². The lowest BCUT2D eigenvalue weighted by molar-refractivity contribution is -0.139. The summed E-state index contributed by atoms with van der Waals surface area (Å²) in [6, 6.07) is 12.8. The SMILES string of the molecule is C=C(C)C(=O)OCCCCc1ccc2cc(-c3ccc(OC(O)C(C)(C)C)cc3)c(=O)oc2c1CCCCOC(=O)C(=C)C. The van der Waals surface area contributed by atoms with Crippen molar-refractivity contribution in [1.82, 2.24) is 0 Å². The van der Waals surface area contributed by atoms with Crippen LogP contribution >= 0.6 is 0 Å². The van der Waals surface area contributed by atoms with Crippen LogP contribution in [0.15, 0.2) is 76.0 Å². The van der Waals surface area contributed by atoms with Crippen LogP contribution in [-0.4, -0.2) is 36.5 Å². The molecule has 0 spiro atoms. The van der Waals surface area contributed by atoms with Crippen LogP contribution in [0.2, 0.25) is 0 Å². The van der Waals surface area contributed by atoms with Crippen molar-refractivity contribution in [3.63, 3.8) is 0 Å². The molecule has 1 heterocycles. The van der Waals surface area contributed by atoms with Crippen LogP contribution in [0, 0.1) is 5.41 Å². The molecular formula is C36H44O8. The van der Waals surface area contributed by atoms with Gasteiger partial charge in [-0.05, 0) is 87.3 Å². The van der Waals surface area contributed by atoms with E-state index in [0.29, 0.717) is 65.9 Å². The number of fused-ring (bicyclic) bond motifs is 1. The van der Waals surface area contributed by atoms with Gasteiger partial charge in [-0.3, -0.25) is 0 Å². The first kappa shape index (κ1) is 34.3. The molecule has 0 fully saturated rings. The van der Waals surface area contributed by atoms with Crippen molar-refractivity contribution in [3.8, 4) is 16.9 Å². The quantitative estimate of drug-likeness (QED) is 0.0644. The van der Waals surface area contributed by atoms with Crippen LogP contribution in [0.5, 0.6) is 5.75 Å². The highest BCUT2D eigenvalue weighted by Gasteiger charge is 2.24. The van der Waals surface area contributed by atoms with Crippen molar-refractivity contribution in [2.24, 2.45) is 5.41 Å². The summed E-state index contributed by atoms with van der Waals surface area (Å²) in [7, 11) is 0. The fourth-order valence-electron chi connectivity index (χ4n) is 4.41. The molecular weight excluding hydrogens is 560 g/mol. The number of unbranched alkanes of at least 4 members (excludes halogenated alkanes) is 2. The van der Waals surface area contributed by atoms with Crippen LogP contribution in [0.1, 0.15) is 71.4 Å². The normalized spacial score (nSPS) is 12.0. The van der Waals surface area contributed by atoms with Crippen molar-refractivity contribution in [2.45, 2.75) is 79.4 Å². The van der Waals surface area contributed by atoms with Gasteiger partial charge in [-0.15, -0.1) is 0 Å². The van der Waals surface area contributed by atoms with E-state index < -0.39 is 29.3 Å². The minimum absolute atomic E-state index is 0.278. The Morgan fingerprint density at radius 1 is 0.864 bits per heavy atom. The maximum Gasteiger partial charge on any atom is 0.344 e. The number of aliphatic hydroxyl groups is 1. The Morgan fingerprint density at radius 3 is 1.98 bits per heavy atom. The molecule has 0 aliphatic heterocycles. The number of rotatable bonds is 15. The van der Waals surface area contributed by atoms with Crippen LogP contribution < -0.4 is 10.4 Å². The fraction of sp³-hybridized carbons (Fsp3) is 0.417. The van der Waals surface area contributed by atoms with Gasteiger partial charge in [0.1, 0.15) is 11.3 Å². The maximum atomic E-state index is 13.3. The van der Waals surface area contributed by atoms with E-state index in [2.05, 4.69) is 13.2 Å². The molecule has 0 amide bonds. The van der Waals surface area contributed by atoms with Crippen LogP contribution in [0.3, 0.4) is 0 Å². The summed E-state index contributed by atoms with van der Waals surface area (Å²) >= 11 is 0. The highest BCUT2D eigenvalue weighted by molar-refractivity contribution is 5.87. The van der Waals surface area contributed by atoms with E-state index in [1.54, 1.807) is 38.1 Å². The molecule has 44 heavy (non-hydrogen) atoms. The number of aryl methyl sites for hydroxylation is 2. The Bertz CT molecular complexity index is 1540. The molecule has 0 saturated heterocycles. The number of hydrogen-bond donors (Lipinski definition) is 1. The third kappa shape index (κ3) is 9.67. The van der Waals surface area contributed by atoms with Gasteiger partial charge < -0.3 is 23.7 Å². The third-order valence-electron chi connectivity index (χ3n) is 7.08. The predicted octanol–water partition coefficient (Wildman–Crippen LogP) is 7.09. The summed E-state index contributed by atoms with van der Waals surface area (Å²) in [4.78, 5) is 36.7. The number of carbonyl (C=O) groups excluding carboxylic acids is 2. The second-order valence-electron chi connectivity index (χ2n) is 12.2. The van der Waals surface area contributed by atoms with Gasteiger partial charge in [-0.25, -0.2) is 14.4 Å². The average molecular weight is 605 g/mol. The minimum atomic E-state index is -0.976. The first-order valence-electron chi connectivity index (χ1n) is 15.0.